The number of carbonyl (C=O) groups is 2. The molecule has 0 aliphatic carbocycles. The standard InChI is InChI=1S/C19H23N5O3S/c1-24-10-20-13-7-6-11(8-12(13)18(24)26)21-16(25)5-3-2-4-15-17-14(9-28-15)22-19(27)23-17/h6-8,10,14-15,17H,2-5,9H2,1H3,(H,21,25)(H2,22,23,27). The van der Waals surface area contributed by atoms with Gasteiger partial charge < -0.3 is 20.5 Å². The highest BCUT2D eigenvalue weighted by Crippen LogP contribution is 2.33. The van der Waals surface area contributed by atoms with Crippen LogP contribution < -0.4 is 21.5 Å². The summed E-state index contributed by atoms with van der Waals surface area (Å²) in [6.07, 6.45) is 4.63. The number of thioether (sulfide) groups is 1. The molecule has 3 heterocycles. The van der Waals surface area contributed by atoms with Crippen LogP contribution in [0.2, 0.25) is 0 Å². The van der Waals surface area contributed by atoms with Crippen LogP contribution in [0.15, 0.2) is 29.3 Å². The van der Waals surface area contributed by atoms with E-state index in [1.54, 1.807) is 25.2 Å². The van der Waals surface area contributed by atoms with Gasteiger partial charge in [0, 0.05) is 30.2 Å². The molecule has 2 saturated heterocycles. The Balaban J connectivity index is 1.26. The molecule has 28 heavy (non-hydrogen) atoms. The van der Waals surface area contributed by atoms with Gasteiger partial charge in [0.2, 0.25) is 5.91 Å². The zero-order chi connectivity index (χ0) is 19.7. The molecule has 2 aliphatic rings. The Morgan fingerprint density at radius 2 is 2.18 bits per heavy atom. The van der Waals surface area contributed by atoms with E-state index >= 15 is 0 Å². The number of unbranched alkanes of at least 4 members (excludes halogenated alkanes) is 1. The second-order valence-corrected chi connectivity index (χ2v) is 8.58. The molecule has 148 valence electrons. The topological polar surface area (TPSA) is 105 Å². The molecule has 8 nitrogen and oxygen atoms in total. The van der Waals surface area contributed by atoms with Crippen molar-refractivity contribution >= 4 is 40.3 Å². The molecule has 1 aromatic carbocycles. The molecule has 0 radical (unpaired) electrons. The van der Waals surface area contributed by atoms with Crippen LogP contribution in [0, 0.1) is 0 Å². The molecule has 0 spiro atoms. The van der Waals surface area contributed by atoms with Crippen molar-refractivity contribution in [2.45, 2.75) is 43.0 Å². The summed E-state index contributed by atoms with van der Waals surface area (Å²) >= 11 is 1.89. The van der Waals surface area contributed by atoms with Crippen LogP contribution >= 0.6 is 11.8 Å². The highest BCUT2D eigenvalue weighted by atomic mass is 32.2. The smallest absolute Gasteiger partial charge is 0.315 e. The third-order valence-electron chi connectivity index (χ3n) is 5.28. The summed E-state index contributed by atoms with van der Waals surface area (Å²) in [6, 6.07) is 5.55. The van der Waals surface area contributed by atoms with Crippen molar-refractivity contribution in [3.05, 3.63) is 34.9 Å². The molecule has 2 aromatic rings. The maximum atomic E-state index is 12.2. The van der Waals surface area contributed by atoms with Gasteiger partial charge in [-0.05, 0) is 31.0 Å². The quantitative estimate of drug-likeness (QED) is 0.504. The molecular formula is C19H23N5O3S. The number of fused-ring (bicyclic) bond motifs is 2. The van der Waals surface area contributed by atoms with E-state index in [-0.39, 0.29) is 29.6 Å². The van der Waals surface area contributed by atoms with E-state index in [0.717, 1.165) is 25.0 Å². The van der Waals surface area contributed by atoms with Crippen LogP contribution in [0.25, 0.3) is 10.9 Å². The number of benzene rings is 1. The fourth-order valence-electron chi connectivity index (χ4n) is 3.79. The Hall–Kier alpha value is -2.55. The molecule has 3 unspecified atom stereocenters. The lowest BCUT2D eigenvalue weighted by Gasteiger charge is -2.16. The summed E-state index contributed by atoms with van der Waals surface area (Å²) in [6.45, 7) is 0. The van der Waals surface area contributed by atoms with Crippen molar-refractivity contribution in [3.8, 4) is 0 Å². The average Bonchev–Trinajstić information content (AvgIpc) is 3.22. The second kappa shape index (κ2) is 7.83. The summed E-state index contributed by atoms with van der Waals surface area (Å²) in [4.78, 5) is 40.0. The SMILES string of the molecule is Cn1cnc2ccc(NC(=O)CCCCC3SCC4NC(=O)NC43)cc2c1=O. The van der Waals surface area contributed by atoms with Crippen LogP contribution in [0.5, 0.6) is 0 Å². The van der Waals surface area contributed by atoms with Crippen molar-refractivity contribution < 1.29 is 9.59 Å². The summed E-state index contributed by atoms with van der Waals surface area (Å²) in [5.41, 5.74) is 1.08. The maximum absolute atomic E-state index is 12.2. The van der Waals surface area contributed by atoms with E-state index in [1.807, 2.05) is 11.8 Å². The number of nitrogens with one attached hydrogen (secondary N) is 3. The van der Waals surface area contributed by atoms with Crippen LogP contribution in [0.1, 0.15) is 25.7 Å². The number of urea groups is 1. The number of carbonyl (C=O) groups excluding carboxylic acids is 2. The lowest BCUT2D eigenvalue weighted by atomic mass is 10.0. The van der Waals surface area contributed by atoms with E-state index < -0.39 is 0 Å². The molecule has 1 aromatic heterocycles. The minimum atomic E-state index is -0.137. The number of aromatic nitrogens is 2. The number of rotatable bonds is 6. The number of hydrogen-bond donors (Lipinski definition) is 3. The van der Waals surface area contributed by atoms with E-state index in [2.05, 4.69) is 20.9 Å². The Labute approximate surface area is 166 Å². The van der Waals surface area contributed by atoms with E-state index in [9.17, 15) is 14.4 Å². The largest absolute Gasteiger partial charge is 0.332 e. The first-order valence-corrected chi connectivity index (χ1v) is 10.5. The molecule has 2 aliphatic heterocycles. The summed E-state index contributed by atoms with van der Waals surface area (Å²) < 4.78 is 1.42. The fourth-order valence-corrected chi connectivity index (χ4v) is 5.33. The molecule has 0 saturated carbocycles. The number of nitrogens with zero attached hydrogens (tertiary/aromatic N) is 2. The van der Waals surface area contributed by atoms with Gasteiger partial charge in [0.15, 0.2) is 0 Å². The van der Waals surface area contributed by atoms with Crippen LogP contribution in [-0.2, 0) is 11.8 Å². The molecule has 3 atom stereocenters. The second-order valence-electron chi connectivity index (χ2n) is 7.31. The number of hydrogen-bond acceptors (Lipinski definition) is 5. The Morgan fingerprint density at radius 1 is 1.32 bits per heavy atom. The first-order valence-electron chi connectivity index (χ1n) is 9.45. The lowest BCUT2D eigenvalue weighted by molar-refractivity contribution is -0.116. The van der Waals surface area contributed by atoms with Crippen LogP contribution in [0.3, 0.4) is 0 Å². The van der Waals surface area contributed by atoms with Gasteiger partial charge in [-0.1, -0.05) is 6.42 Å². The van der Waals surface area contributed by atoms with Gasteiger partial charge in [-0.3, -0.25) is 9.59 Å². The molecule has 4 rings (SSSR count). The number of aryl methyl sites for hydroxylation is 1. The first kappa shape index (κ1) is 18.8. The number of anilines is 1. The Kier molecular flexibility index (Phi) is 5.25. The van der Waals surface area contributed by atoms with Crippen LogP contribution in [-0.4, -0.2) is 44.6 Å². The van der Waals surface area contributed by atoms with Gasteiger partial charge in [-0.25, -0.2) is 9.78 Å². The summed E-state index contributed by atoms with van der Waals surface area (Å²) in [7, 11) is 1.65. The zero-order valence-corrected chi connectivity index (χ0v) is 16.4. The molecule has 2 fully saturated rings. The highest BCUT2D eigenvalue weighted by molar-refractivity contribution is 8.00. The minimum Gasteiger partial charge on any atom is -0.332 e. The van der Waals surface area contributed by atoms with Crippen molar-refractivity contribution in [3.63, 3.8) is 0 Å². The van der Waals surface area contributed by atoms with Gasteiger partial charge in [0.25, 0.3) is 5.56 Å². The molecule has 9 heteroatoms. The number of amides is 3. The summed E-state index contributed by atoms with van der Waals surface area (Å²) in [5, 5.41) is 9.69. The molecule has 3 N–H and O–H groups in total. The predicted octanol–water partition coefficient (Wildman–Crippen LogP) is 1.60. The summed E-state index contributed by atoms with van der Waals surface area (Å²) in [5.74, 6) is 0.887. The molecule has 0 bridgehead atoms. The van der Waals surface area contributed by atoms with E-state index in [0.29, 0.717) is 28.3 Å². The maximum Gasteiger partial charge on any atom is 0.315 e. The van der Waals surface area contributed by atoms with Gasteiger partial charge in [0.1, 0.15) is 0 Å². The van der Waals surface area contributed by atoms with Gasteiger partial charge in [0.05, 0.1) is 29.3 Å². The van der Waals surface area contributed by atoms with E-state index in [1.165, 1.54) is 10.9 Å². The molecule has 3 amide bonds. The minimum absolute atomic E-state index is 0.0622. The third kappa shape index (κ3) is 3.84. The van der Waals surface area contributed by atoms with Gasteiger partial charge in [-0.2, -0.15) is 11.8 Å². The normalized spacial score (nSPS) is 23.3. The van der Waals surface area contributed by atoms with E-state index in [4.69, 9.17) is 0 Å². The van der Waals surface area contributed by atoms with Gasteiger partial charge >= 0.3 is 6.03 Å². The third-order valence-corrected chi connectivity index (χ3v) is 6.79. The molecular weight excluding hydrogens is 378 g/mol. The Bertz CT molecular complexity index is 976. The van der Waals surface area contributed by atoms with Crippen molar-refractivity contribution in [2.24, 2.45) is 7.05 Å². The van der Waals surface area contributed by atoms with Crippen molar-refractivity contribution in [1.82, 2.24) is 20.2 Å². The first-order chi connectivity index (χ1) is 13.5. The van der Waals surface area contributed by atoms with Gasteiger partial charge in [-0.15, -0.1) is 0 Å². The Morgan fingerprint density at radius 3 is 3.04 bits per heavy atom. The predicted molar refractivity (Wildman–Crippen MR) is 110 cm³/mol. The average molecular weight is 401 g/mol. The zero-order valence-electron chi connectivity index (χ0n) is 15.6. The van der Waals surface area contributed by atoms with Crippen molar-refractivity contribution in [2.75, 3.05) is 11.1 Å². The fraction of sp³-hybridized carbons (Fsp3) is 0.474. The lowest BCUT2D eigenvalue weighted by Crippen LogP contribution is -2.36. The monoisotopic (exact) mass is 401 g/mol. The van der Waals surface area contributed by atoms with Crippen molar-refractivity contribution in [1.29, 1.82) is 0 Å². The highest BCUT2D eigenvalue weighted by Gasteiger charge is 2.42. The van der Waals surface area contributed by atoms with Crippen LogP contribution in [0.4, 0.5) is 10.5 Å².